The molecule has 1 atom stereocenters. The average Bonchev–Trinajstić information content (AvgIpc) is 2.45. The van der Waals surface area contributed by atoms with Crippen LogP contribution in [0.2, 0.25) is 0 Å². The SMILES string of the molecule is COc1ccc(OC(F)(F)F)cc1[C@@H](N)C1CCOCC1. The predicted molar refractivity (Wildman–Crippen MR) is 70.1 cm³/mol. The van der Waals surface area contributed by atoms with Gasteiger partial charge >= 0.3 is 6.36 Å². The van der Waals surface area contributed by atoms with Crippen molar-refractivity contribution in [2.45, 2.75) is 25.2 Å². The monoisotopic (exact) mass is 305 g/mol. The Labute approximate surface area is 121 Å². The van der Waals surface area contributed by atoms with Crippen LogP contribution in [0, 0.1) is 5.92 Å². The molecule has 1 aromatic rings. The number of alkyl halides is 3. The maximum absolute atomic E-state index is 12.3. The van der Waals surface area contributed by atoms with Gasteiger partial charge in [-0.05, 0) is 37.0 Å². The second-order valence-corrected chi connectivity index (χ2v) is 4.93. The Morgan fingerprint density at radius 1 is 1.29 bits per heavy atom. The van der Waals surface area contributed by atoms with Gasteiger partial charge in [0.05, 0.1) is 7.11 Å². The lowest BCUT2D eigenvalue weighted by Gasteiger charge is -2.29. The zero-order valence-electron chi connectivity index (χ0n) is 11.7. The molecule has 21 heavy (non-hydrogen) atoms. The minimum atomic E-state index is -4.73. The van der Waals surface area contributed by atoms with Crippen molar-refractivity contribution >= 4 is 0 Å². The number of nitrogens with two attached hydrogens (primary N) is 1. The first kappa shape index (κ1) is 15.9. The van der Waals surface area contributed by atoms with Gasteiger partial charge in [0.15, 0.2) is 0 Å². The van der Waals surface area contributed by atoms with Crippen LogP contribution >= 0.6 is 0 Å². The van der Waals surface area contributed by atoms with Crippen LogP contribution < -0.4 is 15.2 Å². The third kappa shape index (κ3) is 4.25. The van der Waals surface area contributed by atoms with Crippen molar-refractivity contribution in [1.29, 1.82) is 0 Å². The van der Waals surface area contributed by atoms with E-state index in [1.54, 1.807) is 0 Å². The van der Waals surface area contributed by atoms with Crippen molar-refractivity contribution in [3.63, 3.8) is 0 Å². The lowest BCUT2D eigenvalue weighted by Crippen LogP contribution is -2.28. The lowest BCUT2D eigenvalue weighted by molar-refractivity contribution is -0.274. The molecule has 4 nitrogen and oxygen atoms in total. The molecule has 1 fully saturated rings. The third-order valence-electron chi connectivity index (χ3n) is 3.57. The Balaban J connectivity index is 2.24. The Morgan fingerprint density at radius 3 is 2.52 bits per heavy atom. The summed E-state index contributed by atoms with van der Waals surface area (Å²) in [6, 6.07) is 3.54. The molecule has 1 saturated heterocycles. The standard InChI is InChI=1S/C14H18F3NO3/c1-19-12-3-2-10(21-14(15,16)17)8-11(12)13(18)9-4-6-20-7-5-9/h2-3,8-9,13H,4-7,18H2,1H3/t13-/m0/s1. The smallest absolute Gasteiger partial charge is 0.496 e. The summed E-state index contributed by atoms with van der Waals surface area (Å²) in [6.07, 6.45) is -3.18. The fourth-order valence-corrected chi connectivity index (χ4v) is 2.50. The van der Waals surface area contributed by atoms with E-state index >= 15 is 0 Å². The molecule has 0 saturated carbocycles. The van der Waals surface area contributed by atoms with Gasteiger partial charge in [-0.1, -0.05) is 0 Å². The molecule has 1 aliphatic heterocycles. The number of hydrogen-bond acceptors (Lipinski definition) is 4. The highest BCUT2D eigenvalue weighted by Crippen LogP contribution is 2.36. The van der Waals surface area contributed by atoms with E-state index in [9.17, 15) is 13.2 Å². The number of hydrogen-bond donors (Lipinski definition) is 1. The lowest BCUT2D eigenvalue weighted by atomic mass is 9.87. The zero-order chi connectivity index (χ0) is 15.5. The van der Waals surface area contributed by atoms with Gasteiger partial charge in [-0.25, -0.2) is 0 Å². The zero-order valence-corrected chi connectivity index (χ0v) is 11.7. The Kier molecular flexibility index (Phi) is 4.95. The summed E-state index contributed by atoms with van der Waals surface area (Å²) in [5.74, 6) is 0.318. The molecule has 0 aromatic heterocycles. The van der Waals surface area contributed by atoms with Crippen molar-refractivity contribution < 1.29 is 27.4 Å². The molecule has 0 bridgehead atoms. The molecule has 118 valence electrons. The Hall–Kier alpha value is -1.47. The molecule has 7 heteroatoms. The summed E-state index contributed by atoms with van der Waals surface area (Å²) in [4.78, 5) is 0. The summed E-state index contributed by atoms with van der Waals surface area (Å²) >= 11 is 0. The van der Waals surface area contributed by atoms with Gasteiger partial charge in [0.1, 0.15) is 11.5 Å². The van der Waals surface area contributed by atoms with Gasteiger partial charge in [-0.3, -0.25) is 0 Å². The van der Waals surface area contributed by atoms with Crippen LogP contribution in [-0.2, 0) is 4.74 Å². The highest BCUT2D eigenvalue weighted by Gasteiger charge is 2.32. The number of benzene rings is 1. The summed E-state index contributed by atoms with van der Waals surface area (Å²) in [5, 5.41) is 0. The molecule has 0 radical (unpaired) electrons. The molecule has 0 amide bonds. The molecule has 1 aliphatic rings. The van der Waals surface area contributed by atoms with Crippen LogP contribution in [0.3, 0.4) is 0 Å². The summed E-state index contributed by atoms with van der Waals surface area (Å²) < 4.78 is 51.3. The fourth-order valence-electron chi connectivity index (χ4n) is 2.50. The van der Waals surface area contributed by atoms with E-state index < -0.39 is 12.4 Å². The molecule has 0 unspecified atom stereocenters. The highest BCUT2D eigenvalue weighted by molar-refractivity contribution is 5.42. The first-order valence-electron chi connectivity index (χ1n) is 6.67. The first-order chi connectivity index (χ1) is 9.90. The van der Waals surface area contributed by atoms with Crippen LogP contribution in [0.5, 0.6) is 11.5 Å². The maximum atomic E-state index is 12.3. The van der Waals surface area contributed by atoms with Crippen LogP contribution in [0.25, 0.3) is 0 Å². The summed E-state index contributed by atoms with van der Waals surface area (Å²) in [6.45, 7) is 1.22. The van der Waals surface area contributed by atoms with E-state index in [-0.39, 0.29) is 11.7 Å². The molecule has 1 heterocycles. The van der Waals surface area contributed by atoms with Crippen molar-refractivity contribution in [3.05, 3.63) is 23.8 Å². The van der Waals surface area contributed by atoms with Gasteiger partial charge in [0.2, 0.25) is 0 Å². The average molecular weight is 305 g/mol. The van der Waals surface area contributed by atoms with Crippen molar-refractivity contribution in [1.82, 2.24) is 0 Å². The van der Waals surface area contributed by atoms with E-state index in [2.05, 4.69) is 4.74 Å². The highest BCUT2D eigenvalue weighted by atomic mass is 19.4. The van der Waals surface area contributed by atoms with E-state index in [4.69, 9.17) is 15.2 Å². The van der Waals surface area contributed by atoms with E-state index in [0.29, 0.717) is 24.5 Å². The number of rotatable bonds is 4. The van der Waals surface area contributed by atoms with Crippen LogP contribution in [-0.4, -0.2) is 26.7 Å². The normalized spacial score (nSPS) is 18.3. The van der Waals surface area contributed by atoms with Gasteiger partial charge < -0.3 is 19.9 Å². The molecular formula is C14H18F3NO3. The second-order valence-electron chi connectivity index (χ2n) is 4.93. The molecule has 0 spiro atoms. The Morgan fingerprint density at radius 2 is 1.95 bits per heavy atom. The van der Waals surface area contributed by atoms with Crippen molar-refractivity contribution in [2.24, 2.45) is 11.7 Å². The van der Waals surface area contributed by atoms with Gasteiger partial charge in [0.25, 0.3) is 0 Å². The number of halogens is 3. The molecule has 1 aromatic carbocycles. The largest absolute Gasteiger partial charge is 0.573 e. The molecular weight excluding hydrogens is 287 g/mol. The van der Waals surface area contributed by atoms with E-state index in [0.717, 1.165) is 12.8 Å². The van der Waals surface area contributed by atoms with Crippen LogP contribution in [0.1, 0.15) is 24.4 Å². The van der Waals surface area contributed by atoms with Gasteiger partial charge in [-0.15, -0.1) is 13.2 Å². The molecule has 2 rings (SSSR count). The van der Waals surface area contributed by atoms with Gasteiger partial charge in [0, 0.05) is 24.8 Å². The fraction of sp³-hybridized carbons (Fsp3) is 0.571. The number of methoxy groups -OCH3 is 1. The van der Waals surface area contributed by atoms with Crippen molar-refractivity contribution in [3.8, 4) is 11.5 Å². The van der Waals surface area contributed by atoms with Crippen LogP contribution in [0.15, 0.2) is 18.2 Å². The molecule has 0 aliphatic carbocycles. The summed E-state index contributed by atoms with van der Waals surface area (Å²) in [7, 11) is 1.46. The van der Waals surface area contributed by atoms with Gasteiger partial charge in [-0.2, -0.15) is 0 Å². The number of ether oxygens (including phenoxy) is 3. The van der Waals surface area contributed by atoms with E-state index in [1.165, 1.54) is 25.3 Å². The first-order valence-corrected chi connectivity index (χ1v) is 6.67. The maximum Gasteiger partial charge on any atom is 0.573 e. The molecule has 2 N–H and O–H groups in total. The Bertz CT molecular complexity index is 473. The summed E-state index contributed by atoms with van der Waals surface area (Å²) in [5.41, 5.74) is 6.73. The third-order valence-corrected chi connectivity index (χ3v) is 3.57. The quantitative estimate of drug-likeness (QED) is 0.929. The van der Waals surface area contributed by atoms with Crippen LogP contribution in [0.4, 0.5) is 13.2 Å². The van der Waals surface area contributed by atoms with E-state index in [1.807, 2.05) is 0 Å². The second kappa shape index (κ2) is 6.53. The predicted octanol–water partition coefficient (Wildman–Crippen LogP) is 3.02. The van der Waals surface area contributed by atoms with Crippen molar-refractivity contribution in [2.75, 3.05) is 20.3 Å². The minimum Gasteiger partial charge on any atom is -0.496 e. The topological polar surface area (TPSA) is 53.7 Å². The minimum absolute atomic E-state index is 0.147.